The van der Waals surface area contributed by atoms with E-state index in [2.05, 4.69) is 24.1 Å². The number of carbonyl (C=O) groups is 2. The Morgan fingerprint density at radius 2 is 1.82 bits per heavy atom. The van der Waals surface area contributed by atoms with Crippen LogP contribution in [0, 0.1) is 23.7 Å². The van der Waals surface area contributed by atoms with E-state index < -0.39 is 0 Å². The normalized spacial score (nSPS) is 37.4. The molecule has 124 valence electrons. The van der Waals surface area contributed by atoms with E-state index in [4.69, 9.17) is 0 Å². The van der Waals surface area contributed by atoms with Crippen LogP contribution in [0.15, 0.2) is 0 Å². The van der Waals surface area contributed by atoms with Crippen LogP contribution in [0.3, 0.4) is 0 Å². The molecule has 5 atom stereocenters. The van der Waals surface area contributed by atoms with E-state index in [0.717, 1.165) is 25.3 Å². The molecule has 3 rings (SSSR count). The third-order valence-corrected chi connectivity index (χ3v) is 6.14. The van der Waals surface area contributed by atoms with Gasteiger partial charge in [0.2, 0.25) is 11.8 Å². The molecular weight excluding hydrogens is 276 g/mol. The number of nitrogens with one attached hydrogen (secondary N) is 1. The highest BCUT2D eigenvalue weighted by Gasteiger charge is 2.40. The monoisotopic (exact) mass is 306 g/mol. The van der Waals surface area contributed by atoms with Gasteiger partial charge in [0.25, 0.3) is 0 Å². The minimum absolute atomic E-state index is 0.142. The van der Waals surface area contributed by atoms with Crippen molar-refractivity contribution in [2.24, 2.45) is 23.7 Å². The summed E-state index contributed by atoms with van der Waals surface area (Å²) in [6.45, 7) is 5.87. The molecule has 4 nitrogen and oxygen atoms in total. The molecule has 1 N–H and O–H groups in total. The van der Waals surface area contributed by atoms with E-state index >= 15 is 0 Å². The second-order valence-corrected chi connectivity index (χ2v) is 7.73. The molecule has 4 heteroatoms. The van der Waals surface area contributed by atoms with Crippen LogP contribution in [-0.2, 0) is 9.59 Å². The molecule has 2 amide bonds. The van der Waals surface area contributed by atoms with Crippen molar-refractivity contribution < 1.29 is 9.59 Å². The Bertz CT molecular complexity index is 437. The fraction of sp³-hybridized carbons (Fsp3) is 0.889. The number of carbonyl (C=O) groups excluding carboxylic acids is 2. The van der Waals surface area contributed by atoms with Crippen LogP contribution in [0.4, 0.5) is 0 Å². The van der Waals surface area contributed by atoms with Gasteiger partial charge in [-0.3, -0.25) is 9.59 Å². The van der Waals surface area contributed by atoms with E-state index in [1.54, 1.807) is 0 Å². The maximum Gasteiger partial charge on any atom is 0.224 e. The Hall–Kier alpha value is -1.06. The number of piperidine rings is 1. The van der Waals surface area contributed by atoms with E-state index in [0.29, 0.717) is 30.8 Å². The number of nitrogens with zero attached hydrogens (tertiary/aromatic N) is 1. The first kappa shape index (κ1) is 15.8. The van der Waals surface area contributed by atoms with Crippen molar-refractivity contribution in [3.05, 3.63) is 0 Å². The topological polar surface area (TPSA) is 49.4 Å². The van der Waals surface area contributed by atoms with Gasteiger partial charge in [-0.2, -0.15) is 0 Å². The summed E-state index contributed by atoms with van der Waals surface area (Å²) in [6.07, 6.45) is 7.65. The number of likely N-dealkylation sites (tertiary alicyclic amines) is 1. The van der Waals surface area contributed by atoms with E-state index in [1.807, 2.05) is 0 Å². The van der Waals surface area contributed by atoms with Crippen LogP contribution in [0.25, 0.3) is 0 Å². The van der Waals surface area contributed by atoms with Gasteiger partial charge in [0.15, 0.2) is 0 Å². The smallest absolute Gasteiger partial charge is 0.224 e. The van der Waals surface area contributed by atoms with Gasteiger partial charge in [-0.05, 0) is 43.4 Å². The zero-order chi connectivity index (χ0) is 15.7. The molecule has 22 heavy (non-hydrogen) atoms. The standard InChI is InChI=1S/C18H30N2O2/c1-12-8-10-20(16-6-4-3-5-14(12)16)17(21)7-9-19-18(22)15-11-13(15)2/h12-16H,3-11H2,1-2H3,(H,19,22)/t12-,13+,14-,15-,16-/m0/s1. The molecule has 0 radical (unpaired) electrons. The summed E-state index contributed by atoms with van der Waals surface area (Å²) in [5.41, 5.74) is 0. The van der Waals surface area contributed by atoms with E-state index in [9.17, 15) is 9.59 Å². The Morgan fingerprint density at radius 3 is 2.55 bits per heavy atom. The number of fused-ring (bicyclic) bond motifs is 1. The van der Waals surface area contributed by atoms with E-state index in [1.165, 1.54) is 25.7 Å². The zero-order valence-electron chi connectivity index (χ0n) is 14.0. The molecule has 2 saturated carbocycles. The maximum absolute atomic E-state index is 12.6. The van der Waals surface area contributed by atoms with Crippen LogP contribution in [0.2, 0.25) is 0 Å². The fourth-order valence-corrected chi connectivity index (χ4v) is 4.48. The Kier molecular flexibility index (Phi) is 4.74. The van der Waals surface area contributed by atoms with Crippen LogP contribution in [0.5, 0.6) is 0 Å². The van der Waals surface area contributed by atoms with Gasteiger partial charge in [-0.25, -0.2) is 0 Å². The summed E-state index contributed by atoms with van der Waals surface area (Å²) >= 11 is 0. The van der Waals surface area contributed by atoms with Gasteiger partial charge < -0.3 is 10.2 Å². The van der Waals surface area contributed by atoms with Crippen LogP contribution in [-0.4, -0.2) is 35.8 Å². The second-order valence-electron chi connectivity index (χ2n) is 7.73. The van der Waals surface area contributed by atoms with Crippen molar-refractivity contribution in [3.8, 4) is 0 Å². The first-order valence-electron chi connectivity index (χ1n) is 9.15. The molecule has 0 bridgehead atoms. The first-order valence-corrected chi connectivity index (χ1v) is 9.15. The van der Waals surface area contributed by atoms with Crippen molar-refractivity contribution in [2.75, 3.05) is 13.1 Å². The molecule has 3 aliphatic rings. The molecular formula is C18H30N2O2. The molecule has 0 unspecified atom stereocenters. The molecule has 0 aromatic heterocycles. The van der Waals surface area contributed by atoms with Crippen LogP contribution >= 0.6 is 0 Å². The minimum Gasteiger partial charge on any atom is -0.355 e. The Balaban J connectivity index is 1.47. The highest BCUT2D eigenvalue weighted by molar-refractivity contribution is 5.82. The lowest BCUT2D eigenvalue weighted by atomic mass is 9.72. The second kappa shape index (κ2) is 6.59. The number of hydrogen-bond acceptors (Lipinski definition) is 2. The Morgan fingerprint density at radius 1 is 1.09 bits per heavy atom. The number of hydrogen-bond donors (Lipinski definition) is 1. The molecule has 1 aliphatic heterocycles. The van der Waals surface area contributed by atoms with Gasteiger partial charge in [0.1, 0.15) is 0 Å². The van der Waals surface area contributed by atoms with Crippen molar-refractivity contribution in [1.29, 1.82) is 0 Å². The Labute approximate surface area is 134 Å². The predicted molar refractivity (Wildman–Crippen MR) is 86.1 cm³/mol. The summed E-state index contributed by atoms with van der Waals surface area (Å²) in [5, 5.41) is 2.94. The van der Waals surface area contributed by atoms with Crippen LogP contribution in [0.1, 0.15) is 58.8 Å². The fourth-order valence-electron chi connectivity index (χ4n) is 4.48. The summed E-state index contributed by atoms with van der Waals surface area (Å²) in [5.74, 6) is 2.57. The summed E-state index contributed by atoms with van der Waals surface area (Å²) < 4.78 is 0. The molecule has 0 aromatic rings. The molecule has 3 fully saturated rings. The molecule has 0 spiro atoms. The zero-order valence-corrected chi connectivity index (χ0v) is 14.0. The maximum atomic E-state index is 12.6. The van der Waals surface area contributed by atoms with Crippen molar-refractivity contribution >= 4 is 11.8 Å². The number of amides is 2. The summed E-state index contributed by atoms with van der Waals surface area (Å²) in [4.78, 5) is 26.5. The first-order chi connectivity index (χ1) is 10.6. The van der Waals surface area contributed by atoms with Crippen LogP contribution < -0.4 is 5.32 Å². The third-order valence-electron chi connectivity index (χ3n) is 6.14. The largest absolute Gasteiger partial charge is 0.355 e. The van der Waals surface area contributed by atoms with Gasteiger partial charge >= 0.3 is 0 Å². The minimum atomic E-state index is 0.142. The van der Waals surface area contributed by atoms with E-state index in [-0.39, 0.29) is 17.7 Å². The van der Waals surface area contributed by atoms with Gasteiger partial charge in [0.05, 0.1) is 0 Å². The molecule has 0 aromatic carbocycles. The highest BCUT2D eigenvalue weighted by Crippen LogP contribution is 2.39. The summed E-state index contributed by atoms with van der Waals surface area (Å²) in [7, 11) is 0. The number of rotatable bonds is 4. The average molecular weight is 306 g/mol. The lowest BCUT2D eigenvalue weighted by Gasteiger charge is -2.47. The molecule has 1 heterocycles. The quantitative estimate of drug-likeness (QED) is 0.868. The SMILES string of the molecule is C[C@@H]1C[C@@H]1C(=O)NCCC(=O)N1CC[C@H](C)[C@@H]2CCCC[C@@H]21. The van der Waals surface area contributed by atoms with Gasteiger partial charge in [-0.15, -0.1) is 0 Å². The van der Waals surface area contributed by atoms with Gasteiger partial charge in [-0.1, -0.05) is 26.7 Å². The molecule has 2 aliphatic carbocycles. The van der Waals surface area contributed by atoms with Crippen molar-refractivity contribution in [1.82, 2.24) is 10.2 Å². The predicted octanol–water partition coefficient (Wildman–Crippen LogP) is 2.58. The van der Waals surface area contributed by atoms with Crippen molar-refractivity contribution in [3.63, 3.8) is 0 Å². The highest BCUT2D eigenvalue weighted by atomic mass is 16.2. The summed E-state index contributed by atoms with van der Waals surface area (Å²) in [6, 6.07) is 0.462. The lowest BCUT2D eigenvalue weighted by Crippen LogP contribution is -2.52. The third kappa shape index (κ3) is 3.31. The molecule has 1 saturated heterocycles. The average Bonchev–Trinajstić information content (AvgIpc) is 3.25. The van der Waals surface area contributed by atoms with Gasteiger partial charge in [0, 0.05) is 31.5 Å². The lowest BCUT2D eigenvalue weighted by molar-refractivity contribution is -0.139. The van der Waals surface area contributed by atoms with Crippen molar-refractivity contribution in [2.45, 2.75) is 64.8 Å².